The molecule has 4 nitrogen and oxygen atoms in total. The number of benzene rings is 2. The van der Waals surface area contributed by atoms with Gasteiger partial charge in [0.25, 0.3) is 0 Å². The van der Waals surface area contributed by atoms with Crippen molar-refractivity contribution in [2.45, 2.75) is 38.6 Å². The predicted octanol–water partition coefficient (Wildman–Crippen LogP) is 4.28. The van der Waals surface area contributed by atoms with Crippen LogP contribution >= 0.6 is 0 Å². The number of fused-ring (bicyclic) bond motifs is 2. The molecule has 0 saturated heterocycles. The third-order valence-electron chi connectivity index (χ3n) is 5.84. The fraction of sp³-hybridized carbons (Fsp3) is 0.273. The smallest absolute Gasteiger partial charge is 0.192 e. The van der Waals surface area contributed by atoms with Crippen LogP contribution < -0.4 is 11.2 Å². The summed E-state index contributed by atoms with van der Waals surface area (Å²) in [6.45, 7) is 8.72. The summed E-state index contributed by atoms with van der Waals surface area (Å²) in [6.07, 6.45) is 1.37. The lowest BCUT2D eigenvalue weighted by atomic mass is 9.66. The minimum Gasteiger partial charge on any atom is -0.462 e. The van der Waals surface area contributed by atoms with Crippen LogP contribution in [-0.4, -0.2) is 11.3 Å². The van der Waals surface area contributed by atoms with Gasteiger partial charge in [0, 0.05) is 22.6 Å². The highest BCUT2D eigenvalue weighted by Crippen LogP contribution is 2.44. The monoisotopic (exact) mass is 346 g/mol. The van der Waals surface area contributed by atoms with Gasteiger partial charge in [0.15, 0.2) is 11.0 Å². The van der Waals surface area contributed by atoms with Crippen molar-refractivity contribution in [3.8, 4) is 0 Å². The van der Waals surface area contributed by atoms with Gasteiger partial charge in [0.1, 0.15) is 0 Å². The lowest BCUT2D eigenvalue weighted by Crippen LogP contribution is -2.46. The Kier molecular flexibility index (Phi) is 3.38. The molecule has 2 N–H and O–H groups in total. The number of nitrogens with zero attached hydrogens (tertiary/aromatic N) is 1. The number of nitrogen functional groups attached to an aromatic ring is 1. The van der Waals surface area contributed by atoms with E-state index in [0.29, 0.717) is 16.7 Å². The van der Waals surface area contributed by atoms with Gasteiger partial charge in [-0.1, -0.05) is 38.1 Å². The van der Waals surface area contributed by atoms with Crippen molar-refractivity contribution in [1.29, 1.82) is 0 Å². The third-order valence-corrected chi connectivity index (χ3v) is 5.84. The molecule has 0 saturated carbocycles. The Hall–Kier alpha value is -2.88. The molecule has 0 aliphatic carbocycles. The first-order valence-electron chi connectivity index (χ1n) is 8.73. The van der Waals surface area contributed by atoms with Crippen LogP contribution in [0.5, 0.6) is 0 Å². The molecule has 1 aliphatic rings. The molecule has 1 aromatic heterocycles. The number of nitrogens with two attached hydrogens (primary N) is 1. The molecule has 0 unspecified atom stereocenters. The minimum absolute atomic E-state index is 0.107. The molecule has 0 spiro atoms. The summed E-state index contributed by atoms with van der Waals surface area (Å²) in [5, 5.41) is 0.477. The fourth-order valence-corrected chi connectivity index (χ4v) is 3.62. The average molecular weight is 346 g/mol. The van der Waals surface area contributed by atoms with Gasteiger partial charge in [-0.2, -0.15) is 0 Å². The molecular formula is C22H22N2O2. The van der Waals surface area contributed by atoms with Crippen LogP contribution in [0.4, 0.5) is 5.69 Å². The fourth-order valence-electron chi connectivity index (χ4n) is 3.62. The van der Waals surface area contributed by atoms with E-state index in [1.807, 2.05) is 18.2 Å². The molecule has 26 heavy (non-hydrogen) atoms. The zero-order chi connectivity index (χ0) is 18.7. The highest BCUT2D eigenvalue weighted by molar-refractivity contribution is 6.16. The molecule has 2 heterocycles. The van der Waals surface area contributed by atoms with Gasteiger partial charge < -0.3 is 10.2 Å². The maximum Gasteiger partial charge on any atom is 0.192 e. The summed E-state index contributed by atoms with van der Waals surface area (Å²) >= 11 is 0. The molecule has 4 heteroatoms. The minimum atomic E-state index is -0.304. The molecular weight excluding hydrogens is 324 g/mol. The van der Waals surface area contributed by atoms with Crippen LogP contribution in [0.25, 0.3) is 11.0 Å². The Bertz CT molecular complexity index is 1120. The van der Waals surface area contributed by atoms with E-state index in [1.165, 1.54) is 17.9 Å². The lowest BCUT2D eigenvalue weighted by Gasteiger charge is -2.44. The molecule has 4 rings (SSSR count). The van der Waals surface area contributed by atoms with Gasteiger partial charge in [-0.05, 0) is 31.5 Å². The first-order chi connectivity index (χ1) is 12.2. The molecule has 0 amide bonds. The number of aliphatic imine (C=N–C) groups is 1. The summed E-state index contributed by atoms with van der Waals surface area (Å²) < 4.78 is 5.44. The van der Waals surface area contributed by atoms with Gasteiger partial charge in [0.05, 0.1) is 28.6 Å². The number of hydrogen-bond acceptors (Lipinski definition) is 4. The van der Waals surface area contributed by atoms with Crippen LogP contribution in [0.15, 0.2) is 62.9 Å². The number of rotatable bonds is 1. The van der Waals surface area contributed by atoms with Crippen molar-refractivity contribution < 1.29 is 4.42 Å². The van der Waals surface area contributed by atoms with E-state index in [0.717, 1.165) is 16.8 Å². The van der Waals surface area contributed by atoms with Crippen molar-refractivity contribution in [2.24, 2.45) is 4.99 Å². The van der Waals surface area contributed by atoms with Gasteiger partial charge >= 0.3 is 0 Å². The van der Waals surface area contributed by atoms with E-state index >= 15 is 0 Å². The van der Waals surface area contributed by atoms with Crippen molar-refractivity contribution in [3.63, 3.8) is 0 Å². The van der Waals surface area contributed by atoms with Crippen LogP contribution in [0, 0.1) is 0 Å². The average Bonchev–Trinajstić information content (AvgIpc) is 2.59. The summed E-state index contributed by atoms with van der Waals surface area (Å²) in [5.41, 5.74) is 10.5. The van der Waals surface area contributed by atoms with Crippen molar-refractivity contribution in [3.05, 3.63) is 75.6 Å². The molecule has 2 aromatic carbocycles. The summed E-state index contributed by atoms with van der Waals surface area (Å²) in [6, 6.07) is 13.4. The molecule has 132 valence electrons. The SMILES string of the molecule is CC1(C)N=C(c2cc(N)c3occc(=O)c3c2)c2ccccc2C1(C)C. The second-order valence-electron chi connectivity index (χ2n) is 7.92. The maximum atomic E-state index is 12.3. The zero-order valence-electron chi connectivity index (χ0n) is 15.5. The Morgan fingerprint density at radius 1 is 1.04 bits per heavy atom. The molecule has 0 atom stereocenters. The Labute approximate surface area is 152 Å². The highest BCUT2D eigenvalue weighted by Gasteiger charge is 2.43. The van der Waals surface area contributed by atoms with E-state index in [-0.39, 0.29) is 16.4 Å². The molecule has 1 aliphatic heterocycles. The lowest BCUT2D eigenvalue weighted by molar-refractivity contribution is 0.303. The van der Waals surface area contributed by atoms with E-state index in [1.54, 1.807) is 0 Å². The second-order valence-corrected chi connectivity index (χ2v) is 7.92. The van der Waals surface area contributed by atoms with E-state index < -0.39 is 0 Å². The van der Waals surface area contributed by atoms with Crippen molar-refractivity contribution >= 4 is 22.4 Å². The van der Waals surface area contributed by atoms with Crippen molar-refractivity contribution in [2.75, 3.05) is 5.73 Å². The van der Waals surface area contributed by atoms with E-state index in [2.05, 4.69) is 45.9 Å². The second kappa shape index (κ2) is 5.31. The quantitative estimate of drug-likeness (QED) is 0.669. The standard InChI is InChI=1S/C22H22N2O2/c1-21(2)16-8-6-5-7-14(16)19(24-22(21,3)4)13-11-15-18(25)9-10-26-20(15)17(23)12-13/h5-12H,23H2,1-4H3. The summed E-state index contributed by atoms with van der Waals surface area (Å²) in [5.74, 6) is 0. The Morgan fingerprint density at radius 2 is 1.77 bits per heavy atom. The first kappa shape index (κ1) is 16.6. The maximum absolute atomic E-state index is 12.3. The van der Waals surface area contributed by atoms with Gasteiger partial charge in [-0.3, -0.25) is 9.79 Å². The largest absolute Gasteiger partial charge is 0.462 e. The summed E-state index contributed by atoms with van der Waals surface area (Å²) in [4.78, 5) is 17.4. The Balaban J connectivity index is 2.05. The van der Waals surface area contributed by atoms with Gasteiger partial charge in [-0.25, -0.2) is 0 Å². The molecule has 0 bridgehead atoms. The summed E-state index contributed by atoms with van der Waals surface area (Å²) in [7, 11) is 0. The van der Waals surface area contributed by atoms with Gasteiger partial charge in [-0.15, -0.1) is 0 Å². The van der Waals surface area contributed by atoms with E-state index in [9.17, 15) is 4.79 Å². The zero-order valence-corrected chi connectivity index (χ0v) is 15.5. The van der Waals surface area contributed by atoms with Crippen molar-refractivity contribution in [1.82, 2.24) is 0 Å². The molecule has 3 aromatic rings. The molecule has 0 fully saturated rings. The highest BCUT2D eigenvalue weighted by atomic mass is 16.3. The normalized spacial score (nSPS) is 17.6. The van der Waals surface area contributed by atoms with Crippen LogP contribution in [-0.2, 0) is 5.41 Å². The van der Waals surface area contributed by atoms with Gasteiger partial charge in [0.2, 0.25) is 0 Å². The van der Waals surface area contributed by atoms with Crippen LogP contribution in [0.2, 0.25) is 0 Å². The number of hydrogen-bond donors (Lipinski definition) is 1. The van der Waals surface area contributed by atoms with Crippen LogP contribution in [0.1, 0.15) is 44.4 Å². The predicted molar refractivity (Wildman–Crippen MR) is 106 cm³/mol. The topological polar surface area (TPSA) is 68.6 Å². The Morgan fingerprint density at radius 3 is 2.54 bits per heavy atom. The number of anilines is 1. The molecule has 0 radical (unpaired) electrons. The van der Waals surface area contributed by atoms with Crippen LogP contribution in [0.3, 0.4) is 0 Å². The third kappa shape index (κ3) is 2.22. The first-order valence-corrected chi connectivity index (χ1v) is 8.73. The van der Waals surface area contributed by atoms with E-state index in [4.69, 9.17) is 15.1 Å².